The second-order valence-electron chi connectivity index (χ2n) is 5.38. The number of hydrogen-bond acceptors (Lipinski definition) is 6. The summed E-state index contributed by atoms with van der Waals surface area (Å²) in [5.41, 5.74) is 1.41. The van der Waals surface area contributed by atoms with Gasteiger partial charge in [-0.25, -0.2) is 4.79 Å². The zero-order valence-electron chi connectivity index (χ0n) is 12.9. The molecular weight excluding hydrogens is 306 g/mol. The third-order valence-corrected chi connectivity index (χ3v) is 4.73. The minimum atomic E-state index is -0.525. The number of carbonyl (C=O) groups excluding carboxylic acids is 3. The van der Waals surface area contributed by atoms with Crippen LogP contribution in [-0.2, 0) is 31.9 Å². The van der Waals surface area contributed by atoms with E-state index in [0.29, 0.717) is 16.5 Å². The van der Waals surface area contributed by atoms with Gasteiger partial charge < -0.3 is 14.8 Å². The van der Waals surface area contributed by atoms with Crippen LogP contribution < -0.4 is 5.32 Å². The van der Waals surface area contributed by atoms with E-state index in [2.05, 4.69) is 17.0 Å². The van der Waals surface area contributed by atoms with Crippen molar-refractivity contribution in [1.82, 2.24) is 0 Å². The number of fused-ring (bicyclic) bond motifs is 1. The van der Waals surface area contributed by atoms with E-state index >= 15 is 0 Å². The number of hydrogen-bond donors (Lipinski definition) is 1. The van der Waals surface area contributed by atoms with Gasteiger partial charge in [0, 0.05) is 11.8 Å². The fourth-order valence-corrected chi connectivity index (χ4v) is 3.90. The van der Waals surface area contributed by atoms with Gasteiger partial charge in [0.05, 0.1) is 12.7 Å². The lowest BCUT2D eigenvalue weighted by molar-refractivity contribution is -0.144. The molecule has 1 aliphatic rings. The molecule has 120 valence electrons. The van der Waals surface area contributed by atoms with Crippen molar-refractivity contribution in [1.29, 1.82) is 0 Å². The second kappa shape index (κ2) is 6.91. The summed E-state index contributed by atoms with van der Waals surface area (Å²) in [6, 6.07) is 0. The molecule has 0 saturated heterocycles. The molecule has 0 aliphatic heterocycles. The average Bonchev–Trinajstić information content (AvgIpc) is 2.81. The van der Waals surface area contributed by atoms with Crippen LogP contribution in [0.15, 0.2) is 0 Å². The number of nitrogens with one attached hydrogen (secondary N) is 1. The summed E-state index contributed by atoms with van der Waals surface area (Å²) in [4.78, 5) is 35.7. The van der Waals surface area contributed by atoms with Crippen LogP contribution in [0.5, 0.6) is 0 Å². The number of carbonyl (C=O) groups is 3. The Morgan fingerprint density at radius 3 is 2.73 bits per heavy atom. The highest BCUT2D eigenvalue weighted by molar-refractivity contribution is 7.17. The summed E-state index contributed by atoms with van der Waals surface area (Å²) >= 11 is 1.40. The maximum Gasteiger partial charge on any atom is 0.341 e. The number of methoxy groups -OCH3 is 1. The number of ether oxygens (including phenoxy) is 2. The topological polar surface area (TPSA) is 81.7 Å². The molecule has 1 atom stereocenters. The fourth-order valence-electron chi connectivity index (χ4n) is 2.49. The molecule has 1 amide bonds. The Kier molecular flexibility index (Phi) is 5.18. The van der Waals surface area contributed by atoms with E-state index < -0.39 is 17.8 Å². The van der Waals surface area contributed by atoms with E-state index in [9.17, 15) is 14.4 Å². The highest BCUT2D eigenvalue weighted by Gasteiger charge is 2.28. The Morgan fingerprint density at radius 1 is 1.36 bits per heavy atom. The van der Waals surface area contributed by atoms with Gasteiger partial charge >= 0.3 is 11.9 Å². The Bertz CT molecular complexity index is 607. The minimum absolute atomic E-state index is 0.366. The molecule has 2 rings (SSSR count). The molecule has 7 heteroatoms. The Hall–Kier alpha value is -1.89. The smallest absolute Gasteiger partial charge is 0.341 e. The third-order valence-electron chi connectivity index (χ3n) is 3.56. The van der Waals surface area contributed by atoms with Crippen LogP contribution in [0.25, 0.3) is 0 Å². The first-order chi connectivity index (χ1) is 10.4. The van der Waals surface area contributed by atoms with Gasteiger partial charge in [0.25, 0.3) is 5.91 Å². The zero-order valence-corrected chi connectivity index (χ0v) is 13.7. The van der Waals surface area contributed by atoms with E-state index in [1.54, 1.807) is 0 Å². The predicted octanol–water partition coefficient (Wildman–Crippen LogP) is 2.16. The van der Waals surface area contributed by atoms with Crippen molar-refractivity contribution >= 4 is 34.2 Å². The summed E-state index contributed by atoms with van der Waals surface area (Å²) in [7, 11) is 1.32. The average molecular weight is 325 g/mol. The highest BCUT2D eigenvalue weighted by atomic mass is 32.1. The standard InChI is InChI=1S/C15H19NO5S/c1-8-4-5-10-11(6-8)22-14(13(10)15(19)20-3)16-12(18)7-21-9(2)17/h8H,4-7H2,1-3H3,(H,16,18)/t8-/m1/s1. The first-order valence-electron chi connectivity index (χ1n) is 7.08. The molecule has 1 N–H and O–H groups in total. The summed E-state index contributed by atoms with van der Waals surface area (Å²) in [5, 5.41) is 3.13. The lowest BCUT2D eigenvalue weighted by atomic mass is 9.88. The van der Waals surface area contributed by atoms with E-state index in [4.69, 9.17) is 4.74 Å². The summed E-state index contributed by atoms with van der Waals surface area (Å²) in [6.07, 6.45) is 2.70. The third kappa shape index (κ3) is 3.65. The van der Waals surface area contributed by atoms with Crippen LogP contribution in [-0.4, -0.2) is 31.6 Å². The number of anilines is 1. The fraction of sp³-hybridized carbons (Fsp3) is 0.533. The van der Waals surface area contributed by atoms with Crippen molar-refractivity contribution in [2.24, 2.45) is 5.92 Å². The molecule has 0 unspecified atom stereocenters. The van der Waals surface area contributed by atoms with Gasteiger partial charge in [-0.05, 0) is 30.7 Å². The van der Waals surface area contributed by atoms with Crippen LogP contribution in [0.3, 0.4) is 0 Å². The molecule has 0 aromatic carbocycles. The number of thiophene rings is 1. The molecule has 6 nitrogen and oxygen atoms in total. The van der Waals surface area contributed by atoms with Gasteiger partial charge in [-0.3, -0.25) is 9.59 Å². The Balaban J connectivity index is 2.24. The van der Waals surface area contributed by atoms with Gasteiger partial charge in [-0.1, -0.05) is 6.92 Å². The maximum atomic E-state index is 12.0. The number of rotatable bonds is 4. The monoisotopic (exact) mass is 325 g/mol. The van der Waals surface area contributed by atoms with Gasteiger partial charge in [0.2, 0.25) is 0 Å². The van der Waals surface area contributed by atoms with Crippen LogP contribution >= 0.6 is 11.3 Å². The van der Waals surface area contributed by atoms with Crippen molar-refractivity contribution in [3.8, 4) is 0 Å². The number of esters is 2. The zero-order chi connectivity index (χ0) is 16.3. The van der Waals surface area contributed by atoms with Crippen molar-refractivity contribution < 1.29 is 23.9 Å². The lowest BCUT2D eigenvalue weighted by Crippen LogP contribution is -2.21. The molecule has 1 heterocycles. The summed E-state index contributed by atoms with van der Waals surface area (Å²) in [6.45, 7) is 3.03. The van der Waals surface area contributed by atoms with Crippen LogP contribution in [0.4, 0.5) is 5.00 Å². The first kappa shape index (κ1) is 16.5. The first-order valence-corrected chi connectivity index (χ1v) is 7.90. The minimum Gasteiger partial charge on any atom is -0.465 e. The molecule has 0 spiro atoms. The molecule has 1 aromatic rings. The molecule has 1 aliphatic carbocycles. The van der Waals surface area contributed by atoms with Crippen LogP contribution in [0.2, 0.25) is 0 Å². The second-order valence-corrected chi connectivity index (χ2v) is 6.48. The number of amides is 1. The largest absolute Gasteiger partial charge is 0.465 e. The summed E-state index contributed by atoms with van der Waals surface area (Å²) < 4.78 is 9.50. The van der Waals surface area contributed by atoms with E-state index in [-0.39, 0.29) is 6.61 Å². The maximum absolute atomic E-state index is 12.0. The van der Waals surface area contributed by atoms with Crippen LogP contribution in [0.1, 0.15) is 41.1 Å². The van der Waals surface area contributed by atoms with Gasteiger partial charge in [-0.15, -0.1) is 11.3 Å². The molecule has 0 bridgehead atoms. The van der Waals surface area contributed by atoms with E-state index in [1.165, 1.54) is 25.4 Å². The van der Waals surface area contributed by atoms with Gasteiger partial charge in [0.1, 0.15) is 5.00 Å². The van der Waals surface area contributed by atoms with Crippen molar-refractivity contribution in [2.45, 2.75) is 33.1 Å². The molecule has 0 fully saturated rings. The van der Waals surface area contributed by atoms with Gasteiger partial charge in [-0.2, -0.15) is 0 Å². The quantitative estimate of drug-likeness (QED) is 0.858. The van der Waals surface area contributed by atoms with E-state index in [0.717, 1.165) is 29.7 Å². The Morgan fingerprint density at radius 2 is 2.09 bits per heavy atom. The van der Waals surface area contributed by atoms with Crippen molar-refractivity contribution in [3.05, 3.63) is 16.0 Å². The molecule has 0 radical (unpaired) electrons. The molecular formula is C15H19NO5S. The SMILES string of the molecule is COC(=O)c1c(NC(=O)COC(C)=O)sc2c1CC[C@@H](C)C2. The van der Waals surface area contributed by atoms with Gasteiger partial charge in [0.15, 0.2) is 6.61 Å². The van der Waals surface area contributed by atoms with Crippen LogP contribution in [0, 0.1) is 5.92 Å². The van der Waals surface area contributed by atoms with E-state index in [1.807, 2.05) is 0 Å². The van der Waals surface area contributed by atoms with Crippen molar-refractivity contribution in [2.75, 3.05) is 19.0 Å². The lowest BCUT2D eigenvalue weighted by Gasteiger charge is -2.18. The predicted molar refractivity (Wildman–Crippen MR) is 82.1 cm³/mol. The molecule has 1 aromatic heterocycles. The Labute approximate surface area is 132 Å². The normalized spacial score (nSPS) is 16.6. The summed E-state index contributed by atoms with van der Waals surface area (Å²) in [5.74, 6) is -0.884. The van der Waals surface area contributed by atoms with Crippen molar-refractivity contribution in [3.63, 3.8) is 0 Å². The molecule has 22 heavy (non-hydrogen) atoms. The molecule has 0 saturated carbocycles. The highest BCUT2D eigenvalue weighted by Crippen LogP contribution is 2.39.